The highest BCUT2D eigenvalue weighted by atomic mass is 79.9. The smallest absolute Gasteiger partial charge is 0.144 e. The summed E-state index contributed by atoms with van der Waals surface area (Å²) in [5.41, 5.74) is 5.48. The molecule has 0 unspecified atom stereocenters. The van der Waals surface area contributed by atoms with Gasteiger partial charge in [0.25, 0.3) is 0 Å². The lowest BCUT2D eigenvalue weighted by molar-refractivity contribution is 0.902. The van der Waals surface area contributed by atoms with Crippen molar-refractivity contribution in [2.75, 3.05) is 11.9 Å². The van der Waals surface area contributed by atoms with Crippen molar-refractivity contribution in [3.63, 3.8) is 0 Å². The molecule has 0 aliphatic heterocycles. The Morgan fingerprint density at radius 1 is 1.47 bits per heavy atom. The number of aromatic nitrogens is 2. The van der Waals surface area contributed by atoms with Gasteiger partial charge < -0.3 is 11.1 Å². The van der Waals surface area contributed by atoms with Crippen molar-refractivity contribution >= 4 is 33.1 Å². The Labute approximate surface area is 112 Å². The van der Waals surface area contributed by atoms with E-state index >= 15 is 0 Å². The Bertz CT molecular complexity index is 486. The molecule has 2 heterocycles. The summed E-state index contributed by atoms with van der Waals surface area (Å²) in [6.45, 7) is 1.22. The lowest BCUT2D eigenvalue weighted by atomic mass is 10.3. The van der Waals surface area contributed by atoms with Gasteiger partial charge in [-0.25, -0.2) is 9.97 Å². The Morgan fingerprint density at radius 3 is 3.06 bits per heavy atom. The zero-order valence-corrected chi connectivity index (χ0v) is 11.6. The Balaban J connectivity index is 1.85. The predicted molar refractivity (Wildman–Crippen MR) is 74.1 cm³/mol. The van der Waals surface area contributed by atoms with Gasteiger partial charge in [0, 0.05) is 27.5 Å². The third kappa shape index (κ3) is 3.76. The van der Waals surface area contributed by atoms with E-state index in [2.05, 4.69) is 42.7 Å². The van der Waals surface area contributed by atoms with Gasteiger partial charge in [-0.3, -0.25) is 0 Å². The number of nitrogens with two attached hydrogens (primary N) is 1. The van der Waals surface area contributed by atoms with Crippen LogP contribution in [0.3, 0.4) is 0 Å². The van der Waals surface area contributed by atoms with Gasteiger partial charge in [0.1, 0.15) is 11.6 Å². The van der Waals surface area contributed by atoms with E-state index in [1.54, 1.807) is 17.5 Å². The molecule has 0 saturated carbocycles. The van der Waals surface area contributed by atoms with E-state index in [4.69, 9.17) is 5.73 Å². The van der Waals surface area contributed by atoms with E-state index in [1.165, 1.54) is 4.88 Å². The van der Waals surface area contributed by atoms with Crippen LogP contribution in [0.25, 0.3) is 0 Å². The number of nitrogens with zero attached hydrogens (tertiary/aromatic N) is 2. The van der Waals surface area contributed by atoms with Crippen molar-refractivity contribution in [3.05, 3.63) is 38.9 Å². The van der Waals surface area contributed by atoms with Crippen LogP contribution in [-0.2, 0) is 13.0 Å². The van der Waals surface area contributed by atoms with Crippen LogP contribution in [0.1, 0.15) is 10.7 Å². The molecule has 3 N–H and O–H groups in total. The second-order valence-corrected chi connectivity index (χ2v) is 5.38. The molecule has 0 aromatic carbocycles. The van der Waals surface area contributed by atoms with E-state index in [0.29, 0.717) is 12.4 Å². The fraction of sp³-hybridized carbons (Fsp3) is 0.273. The highest BCUT2D eigenvalue weighted by Crippen LogP contribution is 2.20. The van der Waals surface area contributed by atoms with Crippen LogP contribution in [0.4, 0.5) is 5.82 Å². The molecule has 0 atom stereocenters. The van der Waals surface area contributed by atoms with E-state index in [-0.39, 0.29) is 0 Å². The maximum atomic E-state index is 5.48. The van der Waals surface area contributed by atoms with Crippen molar-refractivity contribution in [2.45, 2.75) is 13.0 Å². The summed E-state index contributed by atoms with van der Waals surface area (Å²) in [7, 11) is 0. The van der Waals surface area contributed by atoms with Crippen LogP contribution in [-0.4, -0.2) is 16.5 Å². The predicted octanol–water partition coefficient (Wildman–Crippen LogP) is 2.41. The highest BCUT2D eigenvalue weighted by Gasteiger charge is 1.99. The SMILES string of the molecule is NCc1nccc(NCCc2cc(Br)cs2)n1. The molecule has 6 heteroatoms. The number of anilines is 1. The highest BCUT2D eigenvalue weighted by molar-refractivity contribution is 9.10. The lowest BCUT2D eigenvalue weighted by Crippen LogP contribution is -2.09. The molecule has 0 saturated heterocycles. The maximum Gasteiger partial charge on any atom is 0.144 e. The number of hydrogen-bond acceptors (Lipinski definition) is 5. The van der Waals surface area contributed by atoms with Crippen LogP contribution < -0.4 is 11.1 Å². The first-order chi connectivity index (χ1) is 8.28. The van der Waals surface area contributed by atoms with Crippen LogP contribution in [0.5, 0.6) is 0 Å². The first kappa shape index (κ1) is 12.5. The average Bonchev–Trinajstić information content (AvgIpc) is 2.75. The van der Waals surface area contributed by atoms with E-state index < -0.39 is 0 Å². The molecule has 0 spiro atoms. The van der Waals surface area contributed by atoms with E-state index in [0.717, 1.165) is 23.3 Å². The van der Waals surface area contributed by atoms with Gasteiger partial charge in [-0.2, -0.15) is 0 Å². The Hall–Kier alpha value is -0.980. The van der Waals surface area contributed by atoms with Crippen LogP contribution >= 0.6 is 27.3 Å². The zero-order chi connectivity index (χ0) is 12.1. The van der Waals surface area contributed by atoms with Crippen molar-refractivity contribution in [3.8, 4) is 0 Å². The quantitative estimate of drug-likeness (QED) is 0.890. The number of rotatable bonds is 5. The fourth-order valence-corrected chi connectivity index (χ4v) is 2.85. The monoisotopic (exact) mass is 312 g/mol. The standard InChI is InChI=1S/C11H13BrN4S/c12-8-5-9(17-7-8)1-3-14-10-2-4-15-11(6-13)16-10/h2,4-5,7H,1,3,6,13H2,(H,14,15,16). The third-order valence-corrected chi connectivity index (χ3v) is 3.94. The summed E-state index contributed by atoms with van der Waals surface area (Å²) in [6, 6.07) is 3.99. The molecule has 0 aliphatic carbocycles. The van der Waals surface area contributed by atoms with Gasteiger partial charge in [0.2, 0.25) is 0 Å². The average molecular weight is 313 g/mol. The summed E-state index contributed by atoms with van der Waals surface area (Å²) in [5, 5.41) is 5.35. The topological polar surface area (TPSA) is 63.8 Å². The van der Waals surface area contributed by atoms with Crippen LogP contribution in [0.2, 0.25) is 0 Å². The number of nitrogens with one attached hydrogen (secondary N) is 1. The molecule has 90 valence electrons. The molecule has 17 heavy (non-hydrogen) atoms. The van der Waals surface area contributed by atoms with Gasteiger partial charge in [-0.1, -0.05) is 0 Å². The van der Waals surface area contributed by atoms with E-state index in [9.17, 15) is 0 Å². The molecular formula is C11H13BrN4S. The zero-order valence-electron chi connectivity index (χ0n) is 9.19. The molecule has 0 fully saturated rings. The largest absolute Gasteiger partial charge is 0.370 e. The summed E-state index contributed by atoms with van der Waals surface area (Å²) in [6.07, 6.45) is 2.71. The Kier molecular flexibility index (Phi) is 4.47. The number of hydrogen-bond donors (Lipinski definition) is 2. The molecule has 0 bridgehead atoms. The summed E-state index contributed by atoms with van der Waals surface area (Å²) < 4.78 is 1.14. The van der Waals surface area contributed by atoms with Crippen molar-refractivity contribution in [1.29, 1.82) is 0 Å². The van der Waals surface area contributed by atoms with Crippen molar-refractivity contribution in [1.82, 2.24) is 9.97 Å². The van der Waals surface area contributed by atoms with Gasteiger partial charge in [0.15, 0.2) is 0 Å². The first-order valence-electron chi connectivity index (χ1n) is 5.26. The molecule has 0 aliphatic rings. The molecule has 4 nitrogen and oxygen atoms in total. The minimum Gasteiger partial charge on any atom is -0.370 e. The molecule has 2 rings (SSSR count). The minimum atomic E-state index is 0.368. The lowest BCUT2D eigenvalue weighted by Gasteiger charge is -2.05. The first-order valence-corrected chi connectivity index (χ1v) is 6.94. The summed E-state index contributed by atoms with van der Waals surface area (Å²) >= 11 is 5.20. The number of thiophene rings is 1. The summed E-state index contributed by atoms with van der Waals surface area (Å²) in [5.74, 6) is 1.49. The second-order valence-electron chi connectivity index (χ2n) is 3.47. The van der Waals surface area contributed by atoms with Gasteiger partial charge in [-0.05, 0) is 34.5 Å². The second kappa shape index (κ2) is 6.09. The molecule has 0 amide bonds. The van der Waals surface area contributed by atoms with E-state index in [1.807, 2.05) is 6.07 Å². The minimum absolute atomic E-state index is 0.368. The van der Waals surface area contributed by atoms with Gasteiger partial charge in [0.05, 0.1) is 6.54 Å². The van der Waals surface area contributed by atoms with Crippen LogP contribution in [0.15, 0.2) is 28.2 Å². The van der Waals surface area contributed by atoms with Crippen LogP contribution in [0, 0.1) is 0 Å². The van der Waals surface area contributed by atoms with Crippen molar-refractivity contribution < 1.29 is 0 Å². The molecule has 2 aromatic rings. The van der Waals surface area contributed by atoms with Gasteiger partial charge in [-0.15, -0.1) is 11.3 Å². The summed E-state index contributed by atoms with van der Waals surface area (Å²) in [4.78, 5) is 9.67. The third-order valence-electron chi connectivity index (χ3n) is 2.19. The number of halogens is 1. The Morgan fingerprint density at radius 2 is 2.35 bits per heavy atom. The molecule has 0 radical (unpaired) electrons. The van der Waals surface area contributed by atoms with Gasteiger partial charge >= 0.3 is 0 Å². The molecule has 2 aromatic heterocycles. The fourth-order valence-electron chi connectivity index (χ4n) is 1.39. The normalized spacial score (nSPS) is 10.5. The molecular weight excluding hydrogens is 300 g/mol. The maximum absolute atomic E-state index is 5.48. The van der Waals surface area contributed by atoms with Crippen molar-refractivity contribution in [2.24, 2.45) is 5.73 Å².